The maximum absolute atomic E-state index is 11.9. The number of pyridine rings is 1. The van der Waals surface area contributed by atoms with Crippen LogP contribution in [0, 0.1) is 0 Å². The van der Waals surface area contributed by atoms with E-state index < -0.39 is 11.9 Å². The van der Waals surface area contributed by atoms with Crippen molar-refractivity contribution in [1.29, 1.82) is 0 Å². The van der Waals surface area contributed by atoms with Crippen molar-refractivity contribution in [1.82, 2.24) is 15.0 Å². The SMILES string of the molecule is CCOC(=O)C(=CNc1ccnc(-c2ccccn2)n1)C(=O)OCC. The molecule has 0 aliphatic heterocycles. The number of hydrogen-bond acceptors (Lipinski definition) is 8. The van der Waals surface area contributed by atoms with Gasteiger partial charge in [0.1, 0.15) is 11.5 Å². The standard InChI is InChI=1S/C17H18N4O4/c1-3-24-16(22)12(17(23)25-4-2)11-20-14-8-10-19-15(21-14)13-7-5-6-9-18-13/h5-11H,3-4H2,1-2H3,(H,19,20,21). The zero-order chi connectivity index (χ0) is 18.1. The van der Waals surface area contributed by atoms with Gasteiger partial charge in [0.05, 0.1) is 13.2 Å². The largest absolute Gasteiger partial charge is 0.462 e. The Balaban J connectivity index is 2.22. The molecule has 0 saturated carbocycles. The minimum absolute atomic E-state index is 0.146. The highest BCUT2D eigenvalue weighted by Gasteiger charge is 2.21. The third kappa shape index (κ3) is 5.10. The van der Waals surface area contributed by atoms with Crippen LogP contribution >= 0.6 is 0 Å². The van der Waals surface area contributed by atoms with Crippen molar-refractivity contribution in [3.05, 3.63) is 48.4 Å². The summed E-state index contributed by atoms with van der Waals surface area (Å²) in [5.41, 5.74) is 0.354. The van der Waals surface area contributed by atoms with Crippen LogP contribution in [0.4, 0.5) is 5.82 Å². The van der Waals surface area contributed by atoms with Crippen molar-refractivity contribution in [3.63, 3.8) is 0 Å². The van der Waals surface area contributed by atoms with Crippen LogP contribution in [-0.2, 0) is 19.1 Å². The molecule has 0 aromatic carbocycles. The Hall–Kier alpha value is -3.29. The lowest BCUT2D eigenvalue weighted by Gasteiger charge is -2.07. The fraction of sp³-hybridized carbons (Fsp3) is 0.235. The molecule has 0 fully saturated rings. The summed E-state index contributed by atoms with van der Waals surface area (Å²) in [7, 11) is 0. The van der Waals surface area contributed by atoms with E-state index >= 15 is 0 Å². The van der Waals surface area contributed by atoms with Crippen LogP contribution in [0.5, 0.6) is 0 Å². The molecule has 0 aliphatic carbocycles. The first-order chi connectivity index (χ1) is 12.2. The summed E-state index contributed by atoms with van der Waals surface area (Å²) in [6, 6.07) is 6.99. The number of anilines is 1. The summed E-state index contributed by atoms with van der Waals surface area (Å²) in [5, 5.41) is 2.79. The van der Waals surface area contributed by atoms with Gasteiger partial charge in [-0.15, -0.1) is 0 Å². The molecule has 0 atom stereocenters. The van der Waals surface area contributed by atoms with E-state index in [4.69, 9.17) is 9.47 Å². The van der Waals surface area contributed by atoms with Gasteiger partial charge in [0.2, 0.25) is 0 Å². The highest BCUT2D eigenvalue weighted by molar-refractivity contribution is 6.14. The predicted octanol–water partition coefficient (Wildman–Crippen LogP) is 1.96. The second-order valence-corrected chi connectivity index (χ2v) is 4.62. The zero-order valence-electron chi connectivity index (χ0n) is 13.9. The number of rotatable bonds is 7. The summed E-state index contributed by atoms with van der Waals surface area (Å²) in [4.78, 5) is 36.4. The lowest BCUT2D eigenvalue weighted by atomic mass is 10.3. The van der Waals surface area contributed by atoms with Gasteiger partial charge in [0, 0.05) is 18.6 Å². The zero-order valence-corrected chi connectivity index (χ0v) is 13.9. The molecule has 8 heteroatoms. The van der Waals surface area contributed by atoms with Crippen LogP contribution in [0.15, 0.2) is 48.4 Å². The smallest absolute Gasteiger partial charge is 0.347 e. The summed E-state index contributed by atoms with van der Waals surface area (Å²) in [6.45, 7) is 3.59. The molecule has 2 heterocycles. The second kappa shape index (κ2) is 9.11. The third-order valence-corrected chi connectivity index (χ3v) is 2.90. The molecular weight excluding hydrogens is 324 g/mol. The maximum atomic E-state index is 11.9. The lowest BCUT2D eigenvalue weighted by Crippen LogP contribution is -2.19. The average Bonchev–Trinajstić information content (AvgIpc) is 2.63. The number of carbonyl (C=O) groups excluding carboxylic acids is 2. The molecule has 0 unspecified atom stereocenters. The number of ether oxygens (including phenoxy) is 2. The molecule has 130 valence electrons. The molecule has 8 nitrogen and oxygen atoms in total. The van der Waals surface area contributed by atoms with E-state index in [1.807, 2.05) is 6.07 Å². The van der Waals surface area contributed by atoms with E-state index in [0.29, 0.717) is 17.3 Å². The van der Waals surface area contributed by atoms with Gasteiger partial charge < -0.3 is 14.8 Å². The Labute approximate surface area is 144 Å². The van der Waals surface area contributed by atoms with Gasteiger partial charge in [-0.3, -0.25) is 4.98 Å². The molecule has 1 N–H and O–H groups in total. The van der Waals surface area contributed by atoms with Crippen molar-refractivity contribution in [2.75, 3.05) is 18.5 Å². The normalized spacial score (nSPS) is 9.84. The number of carbonyl (C=O) groups is 2. The van der Waals surface area contributed by atoms with Crippen molar-refractivity contribution < 1.29 is 19.1 Å². The van der Waals surface area contributed by atoms with Crippen LogP contribution in [0.3, 0.4) is 0 Å². The Morgan fingerprint density at radius 1 is 1.04 bits per heavy atom. The molecule has 2 aromatic heterocycles. The fourth-order valence-electron chi connectivity index (χ4n) is 1.82. The highest BCUT2D eigenvalue weighted by atomic mass is 16.6. The average molecular weight is 342 g/mol. The van der Waals surface area contributed by atoms with E-state index in [-0.39, 0.29) is 18.8 Å². The third-order valence-electron chi connectivity index (χ3n) is 2.90. The van der Waals surface area contributed by atoms with Crippen molar-refractivity contribution >= 4 is 17.8 Å². The number of esters is 2. The molecule has 0 radical (unpaired) electrons. The van der Waals surface area contributed by atoms with E-state index in [0.717, 1.165) is 0 Å². The minimum Gasteiger partial charge on any atom is -0.462 e. The number of hydrogen-bond donors (Lipinski definition) is 1. The molecule has 25 heavy (non-hydrogen) atoms. The van der Waals surface area contributed by atoms with Crippen LogP contribution in [-0.4, -0.2) is 40.1 Å². The minimum atomic E-state index is -0.771. The molecule has 0 bridgehead atoms. The van der Waals surface area contributed by atoms with Crippen LogP contribution in [0.2, 0.25) is 0 Å². The van der Waals surface area contributed by atoms with Gasteiger partial charge in [-0.25, -0.2) is 19.6 Å². The molecule has 0 spiro atoms. The van der Waals surface area contributed by atoms with Crippen LogP contribution in [0.1, 0.15) is 13.8 Å². The maximum Gasteiger partial charge on any atom is 0.347 e. The first-order valence-corrected chi connectivity index (χ1v) is 7.71. The van der Waals surface area contributed by atoms with E-state index in [2.05, 4.69) is 20.3 Å². The number of nitrogens with zero attached hydrogens (tertiary/aromatic N) is 3. The van der Waals surface area contributed by atoms with Crippen LogP contribution < -0.4 is 5.32 Å². The first-order valence-electron chi connectivity index (χ1n) is 7.71. The van der Waals surface area contributed by atoms with Gasteiger partial charge in [0.25, 0.3) is 0 Å². The van der Waals surface area contributed by atoms with E-state index in [1.165, 1.54) is 6.20 Å². The van der Waals surface area contributed by atoms with Gasteiger partial charge >= 0.3 is 11.9 Å². The Kier molecular flexibility index (Phi) is 6.58. The molecule has 2 rings (SSSR count). The lowest BCUT2D eigenvalue weighted by molar-refractivity contribution is -0.146. The monoisotopic (exact) mass is 342 g/mol. The Morgan fingerprint density at radius 2 is 1.76 bits per heavy atom. The Morgan fingerprint density at radius 3 is 2.36 bits per heavy atom. The highest BCUT2D eigenvalue weighted by Crippen LogP contribution is 2.13. The van der Waals surface area contributed by atoms with E-state index in [1.54, 1.807) is 44.4 Å². The topological polar surface area (TPSA) is 103 Å². The summed E-state index contributed by atoms with van der Waals surface area (Å²) in [6.07, 6.45) is 4.39. The summed E-state index contributed by atoms with van der Waals surface area (Å²) >= 11 is 0. The molecule has 0 aliphatic rings. The van der Waals surface area contributed by atoms with Crippen molar-refractivity contribution in [3.8, 4) is 11.5 Å². The van der Waals surface area contributed by atoms with Crippen molar-refractivity contribution in [2.24, 2.45) is 0 Å². The van der Waals surface area contributed by atoms with Crippen molar-refractivity contribution in [2.45, 2.75) is 13.8 Å². The number of nitrogens with one attached hydrogen (secondary N) is 1. The van der Waals surface area contributed by atoms with Gasteiger partial charge in [0.15, 0.2) is 11.4 Å². The van der Waals surface area contributed by atoms with Gasteiger partial charge in [-0.05, 0) is 32.0 Å². The fourth-order valence-corrected chi connectivity index (χ4v) is 1.82. The quantitative estimate of drug-likeness (QED) is 0.352. The Bertz CT molecular complexity index is 742. The van der Waals surface area contributed by atoms with Gasteiger partial charge in [-0.1, -0.05) is 6.07 Å². The predicted molar refractivity (Wildman–Crippen MR) is 90.2 cm³/mol. The van der Waals surface area contributed by atoms with Crippen LogP contribution in [0.25, 0.3) is 11.5 Å². The van der Waals surface area contributed by atoms with Gasteiger partial charge in [-0.2, -0.15) is 0 Å². The summed E-state index contributed by atoms with van der Waals surface area (Å²) in [5.74, 6) is -0.741. The summed E-state index contributed by atoms with van der Waals surface area (Å²) < 4.78 is 9.72. The molecule has 2 aromatic rings. The molecule has 0 amide bonds. The number of aromatic nitrogens is 3. The first kappa shape index (κ1) is 18.1. The molecule has 0 saturated heterocycles. The van der Waals surface area contributed by atoms with E-state index in [9.17, 15) is 9.59 Å². The second-order valence-electron chi connectivity index (χ2n) is 4.62. The molecular formula is C17H18N4O4.